The number of fused-ring (bicyclic) bond motifs is 2. The van der Waals surface area contributed by atoms with Gasteiger partial charge in [-0.15, -0.1) is 10.2 Å². The summed E-state index contributed by atoms with van der Waals surface area (Å²) in [5.41, 5.74) is 5.26. The Morgan fingerprint density at radius 3 is 2.53 bits per heavy atom. The minimum absolute atomic E-state index is 0.551. The van der Waals surface area contributed by atoms with E-state index in [0.717, 1.165) is 58.1 Å². The molecule has 1 fully saturated rings. The summed E-state index contributed by atoms with van der Waals surface area (Å²) in [6.45, 7) is 6.87. The van der Waals surface area contributed by atoms with Crippen molar-refractivity contribution in [1.29, 1.82) is 0 Å². The third-order valence-corrected chi connectivity index (χ3v) is 6.77. The number of hydrogen-bond donors (Lipinski definition) is 1. The topological polar surface area (TPSA) is 84.8 Å². The molecule has 0 amide bonds. The van der Waals surface area contributed by atoms with E-state index >= 15 is 0 Å². The van der Waals surface area contributed by atoms with E-state index in [0.29, 0.717) is 34.6 Å². The molecule has 5 aromatic rings. The fourth-order valence-corrected chi connectivity index (χ4v) is 5.05. The van der Waals surface area contributed by atoms with Gasteiger partial charge in [-0.25, -0.2) is 4.98 Å². The molecule has 172 valence electrons. The Hall–Kier alpha value is -3.20. The molecule has 0 saturated carbocycles. The normalized spacial score (nSPS) is 14.4. The van der Waals surface area contributed by atoms with Crippen molar-refractivity contribution in [3.05, 3.63) is 58.2 Å². The van der Waals surface area contributed by atoms with Crippen molar-refractivity contribution < 1.29 is 4.74 Å². The summed E-state index contributed by atoms with van der Waals surface area (Å²) in [4.78, 5) is 15.0. The maximum Gasteiger partial charge on any atom is 0.163 e. The number of nitrogens with one attached hydrogen (secondary N) is 1. The minimum Gasteiger partial charge on any atom is -0.378 e. The Morgan fingerprint density at radius 1 is 0.971 bits per heavy atom. The number of morpholine rings is 1. The van der Waals surface area contributed by atoms with Gasteiger partial charge in [0.1, 0.15) is 17.2 Å². The van der Waals surface area contributed by atoms with Gasteiger partial charge in [0.05, 0.1) is 40.0 Å². The number of anilines is 1. The lowest BCUT2D eigenvalue weighted by atomic mass is 10.1. The van der Waals surface area contributed by atoms with E-state index in [1.165, 1.54) is 0 Å². The maximum absolute atomic E-state index is 6.66. The van der Waals surface area contributed by atoms with Crippen molar-refractivity contribution in [2.75, 3.05) is 31.2 Å². The van der Waals surface area contributed by atoms with E-state index in [4.69, 9.17) is 32.9 Å². The van der Waals surface area contributed by atoms with E-state index in [1.807, 2.05) is 19.9 Å². The van der Waals surface area contributed by atoms with Gasteiger partial charge in [-0.3, -0.25) is 9.55 Å². The molecule has 6 rings (SSSR count). The lowest BCUT2D eigenvalue weighted by Crippen LogP contribution is -2.36. The van der Waals surface area contributed by atoms with Gasteiger partial charge in [-0.1, -0.05) is 23.2 Å². The van der Waals surface area contributed by atoms with Crippen LogP contribution in [0, 0.1) is 13.8 Å². The zero-order chi connectivity index (χ0) is 23.4. The first-order valence-corrected chi connectivity index (χ1v) is 11.8. The molecule has 3 aromatic heterocycles. The minimum atomic E-state index is 0.551. The number of rotatable bonds is 3. The number of aryl methyl sites for hydroxylation is 2. The molecular formula is C24H21Cl2N7O. The predicted octanol–water partition coefficient (Wildman–Crippen LogP) is 5.12. The molecule has 2 aromatic carbocycles. The first kappa shape index (κ1) is 21.3. The van der Waals surface area contributed by atoms with Gasteiger partial charge >= 0.3 is 0 Å². The number of aromatic amines is 1. The second kappa shape index (κ2) is 8.23. The van der Waals surface area contributed by atoms with Crippen LogP contribution in [-0.4, -0.2) is 56.0 Å². The van der Waals surface area contributed by atoms with Crippen molar-refractivity contribution in [2.45, 2.75) is 13.8 Å². The molecule has 8 nitrogen and oxygen atoms in total. The van der Waals surface area contributed by atoms with Crippen molar-refractivity contribution in [1.82, 2.24) is 29.7 Å². The van der Waals surface area contributed by atoms with Crippen LogP contribution in [0.5, 0.6) is 0 Å². The summed E-state index contributed by atoms with van der Waals surface area (Å²) >= 11 is 13.1. The lowest BCUT2D eigenvalue weighted by Gasteiger charge is -2.29. The van der Waals surface area contributed by atoms with Crippen LogP contribution >= 0.6 is 23.2 Å². The Kier molecular flexibility index (Phi) is 5.17. The molecule has 0 aliphatic carbocycles. The van der Waals surface area contributed by atoms with Gasteiger partial charge < -0.3 is 14.6 Å². The van der Waals surface area contributed by atoms with Crippen LogP contribution in [0.25, 0.3) is 39.0 Å². The number of H-pyrrole nitrogens is 1. The molecule has 10 heteroatoms. The quantitative estimate of drug-likeness (QED) is 0.375. The van der Waals surface area contributed by atoms with Crippen molar-refractivity contribution in [2.24, 2.45) is 0 Å². The van der Waals surface area contributed by atoms with E-state index in [-0.39, 0.29) is 0 Å². The largest absolute Gasteiger partial charge is 0.378 e. The molecule has 1 aliphatic rings. The molecule has 1 saturated heterocycles. The number of nitrogens with zero attached hydrogens (tertiary/aromatic N) is 6. The average Bonchev–Trinajstić information content (AvgIpc) is 3.43. The Labute approximate surface area is 205 Å². The van der Waals surface area contributed by atoms with Crippen LogP contribution < -0.4 is 4.90 Å². The summed E-state index contributed by atoms with van der Waals surface area (Å²) < 4.78 is 7.68. The van der Waals surface area contributed by atoms with Crippen LogP contribution in [-0.2, 0) is 4.74 Å². The number of benzene rings is 2. The van der Waals surface area contributed by atoms with Crippen LogP contribution in [0.1, 0.15) is 11.6 Å². The molecule has 0 bridgehead atoms. The van der Waals surface area contributed by atoms with Crippen molar-refractivity contribution >= 4 is 50.8 Å². The number of aromatic nitrogens is 6. The van der Waals surface area contributed by atoms with Crippen LogP contribution in [0.4, 0.5) is 5.69 Å². The van der Waals surface area contributed by atoms with E-state index < -0.39 is 0 Å². The van der Waals surface area contributed by atoms with Crippen LogP contribution in [0.15, 0.2) is 36.5 Å². The Balaban J connectivity index is 1.68. The first-order chi connectivity index (χ1) is 16.5. The molecule has 0 spiro atoms. The lowest BCUT2D eigenvalue weighted by molar-refractivity contribution is 0.122. The monoisotopic (exact) mass is 493 g/mol. The molecule has 0 unspecified atom stereocenters. The number of halogens is 2. The van der Waals surface area contributed by atoms with Gasteiger partial charge in [0.2, 0.25) is 0 Å². The molecule has 4 heterocycles. The second-order valence-electron chi connectivity index (χ2n) is 8.30. The van der Waals surface area contributed by atoms with Crippen molar-refractivity contribution in [3.63, 3.8) is 0 Å². The summed E-state index contributed by atoms with van der Waals surface area (Å²) in [5, 5.41) is 10.5. The fourth-order valence-electron chi connectivity index (χ4n) is 4.60. The molecule has 34 heavy (non-hydrogen) atoms. The SMILES string of the molecule is Cc1nnc(-c2cc(N3CCOCC3)cc3c2nc(C)n3-c2ccnc3c(Cl)ccc(Cl)c23)[nH]1. The standard InChI is InChI=1S/C24H21Cl2N7O/c1-13-28-24(31-30-13)16-11-15(32-7-9-34-10-8-32)12-20-22(16)29-14(2)33(20)19-5-6-27-23-18(26)4-3-17(25)21(19)23/h3-6,11-12H,7-10H2,1-2H3,(H,28,30,31). The summed E-state index contributed by atoms with van der Waals surface area (Å²) in [6, 6.07) is 9.80. The molecule has 1 aliphatic heterocycles. The van der Waals surface area contributed by atoms with Gasteiger partial charge in [0.25, 0.3) is 0 Å². The number of imidazole rings is 1. The summed E-state index contributed by atoms with van der Waals surface area (Å²) in [7, 11) is 0. The zero-order valence-corrected chi connectivity index (χ0v) is 20.2. The molecular weight excluding hydrogens is 473 g/mol. The average molecular weight is 494 g/mol. The Bertz CT molecular complexity index is 1550. The number of ether oxygens (including phenoxy) is 1. The van der Waals surface area contributed by atoms with Gasteiger partial charge in [0.15, 0.2) is 5.82 Å². The van der Waals surface area contributed by atoms with E-state index in [2.05, 4.69) is 41.8 Å². The van der Waals surface area contributed by atoms with Gasteiger partial charge in [-0.05, 0) is 44.2 Å². The third kappa shape index (κ3) is 3.41. The highest BCUT2D eigenvalue weighted by Gasteiger charge is 2.22. The smallest absolute Gasteiger partial charge is 0.163 e. The number of hydrogen-bond acceptors (Lipinski definition) is 6. The second-order valence-corrected chi connectivity index (χ2v) is 9.11. The molecule has 0 atom stereocenters. The van der Waals surface area contributed by atoms with E-state index in [1.54, 1.807) is 18.3 Å². The number of pyridine rings is 1. The third-order valence-electron chi connectivity index (χ3n) is 6.15. The van der Waals surface area contributed by atoms with Gasteiger partial charge in [0, 0.05) is 35.9 Å². The Morgan fingerprint density at radius 2 is 1.76 bits per heavy atom. The maximum atomic E-state index is 6.66. The zero-order valence-electron chi connectivity index (χ0n) is 18.6. The van der Waals surface area contributed by atoms with Crippen LogP contribution in [0.3, 0.4) is 0 Å². The molecule has 1 N–H and O–H groups in total. The highest BCUT2D eigenvalue weighted by molar-refractivity contribution is 6.40. The summed E-state index contributed by atoms with van der Waals surface area (Å²) in [5.74, 6) is 2.25. The summed E-state index contributed by atoms with van der Waals surface area (Å²) in [6.07, 6.45) is 1.75. The fraction of sp³-hybridized carbons (Fsp3) is 0.250. The van der Waals surface area contributed by atoms with E-state index in [9.17, 15) is 0 Å². The highest BCUT2D eigenvalue weighted by atomic mass is 35.5. The molecule has 0 radical (unpaired) electrons. The highest BCUT2D eigenvalue weighted by Crippen LogP contribution is 2.38. The predicted molar refractivity (Wildman–Crippen MR) is 134 cm³/mol. The van der Waals surface area contributed by atoms with Crippen molar-refractivity contribution in [3.8, 4) is 17.1 Å². The van der Waals surface area contributed by atoms with Gasteiger partial charge in [-0.2, -0.15) is 0 Å². The first-order valence-electron chi connectivity index (χ1n) is 11.0. The van der Waals surface area contributed by atoms with Crippen LogP contribution in [0.2, 0.25) is 10.0 Å².